The first-order valence-electron chi connectivity index (χ1n) is 5.79. The summed E-state index contributed by atoms with van der Waals surface area (Å²) in [5, 5.41) is 9.04. The number of aliphatic carboxylic acids is 1. The monoisotopic (exact) mass is 222 g/mol. The van der Waals surface area contributed by atoms with E-state index in [4.69, 9.17) is 5.11 Å². The molecular weight excluding hydrogens is 204 g/mol. The van der Waals surface area contributed by atoms with Crippen LogP contribution in [0.25, 0.3) is 0 Å². The highest BCUT2D eigenvalue weighted by atomic mass is 16.4. The Hall–Kier alpha value is -1.32. The molecule has 0 aromatic carbocycles. The van der Waals surface area contributed by atoms with Gasteiger partial charge in [-0.3, -0.25) is 4.79 Å². The number of carboxylic acid groups (broad SMARTS) is 1. The van der Waals surface area contributed by atoms with Crippen molar-refractivity contribution in [3.63, 3.8) is 0 Å². The van der Waals surface area contributed by atoms with E-state index in [0.717, 1.165) is 24.4 Å². The number of rotatable bonds is 2. The standard InChI is InChI=1S/C12H18N2O2/c1-7(2)11-10-5-4-9(12(15)16)6-14(10)8(3)13-11/h7,9H,4-6H2,1-3H3,(H,15,16). The van der Waals surface area contributed by atoms with Gasteiger partial charge < -0.3 is 9.67 Å². The Morgan fingerprint density at radius 2 is 2.25 bits per heavy atom. The fourth-order valence-electron chi connectivity index (χ4n) is 2.42. The van der Waals surface area contributed by atoms with E-state index in [0.29, 0.717) is 12.5 Å². The number of carbonyl (C=O) groups is 1. The van der Waals surface area contributed by atoms with Crippen LogP contribution in [0.4, 0.5) is 0 Å². The lowest BCUT2D eigenvalue weighted by atomic mass is 9.95. The quantitative estimate of drug-likeness (QED) is 0.832. The van der Waals surface area contributed by atoms with Crippen molar-refractivity contribution in [2.24, 2.45) is 5.92 Å². The molecule has 1 aromatic heterocycles. The maximum absolute atomic E-state index is 11.0. The molecule has 0 saturated carbocycles. The third kappa shape index (κ3) is 1.72. The van der Waals surface area contributed by atoms with Gasteiger partial charge in [0.15, 0.2) is 0 Å². The third-order valence-electron chi connectivity index (χ3n) is 3.32. The fraction of sp³-hybridized carbons (Fsp3) is 0.667. The van der Waals surface area contributed by atoms with Crippen molar-refractivity contribution in [2.45, 2.75) is 46.1 Å². The molecule has 0 bridgehead atoms. The molecule has 1 N–H and O–H groups in total. The number of aryl methyl sites for hydroxylation is 1. The zero-order valence-corrected chi connectivity index (χ0v) is 10.0. The van der Waals surface area contributed by atoms with Gasteiger partial charge in [0, 0.05) is 12.2 Å². The first-order valence-corrected chi connectivity index (χ1v) is 5.79. The molecule has 0 amide bonds. The molecule has 1 aliphatic heterocycles. The molecule has 16 heavy (non-hydrogen) atoms. The second-order valence-corrected chi connectivity index (χ2v) is 4.83. The lowest BCUT2D eigenvalue weighted by Gasteiger charge is -2.23. The van der Waals surface area contributed by atoms with Crippen LogP contribution in [0, 0.1) is 12.8 Å². The summed E-state index contributed by atoms with van der Waals surface area (Å²) in [5.74, 6) is 0.422. The lowest BCUT2D eigenvalue weighted by Crippen LogP contribution is -2.27. The number of nitrogens with zero attached hydrogens (tertiary/aromatic N) is 2. The average Bonchev–Trinajstić information content (AvgIpc) is 2.56. The molecule has 2 heterocycles. The molecule has 0 aliphatic carbocycles. The van der Waals surface area contributed by atoms with E-state index in [2.05, 4.69) is 23.4 Å². The van der Waals surface area contributed by atoms with Crippen molar-refractivity contribution >= 4 is 5.97 Å². The van der Waals surface area contributed by atoms with Crippen molar-refractivity contribution in [1.29, 1.82) is 0 Å². The van der Waals surface area contributed by atoms with E-state index in [9.17, 15) is 4.79 Å². The van der Waals surface area contributed by atoms with E-state index < -0.39 is 5.97 Å². The topological polar surface area (TPSA) is 55.1 Å². The molecule has 1 unspecified atom stereocenters. The minimum absolute atomic E-state index is 0.250. The molecule has 4 nitrogen and oxygen atoms in total. The summed E-state index contributed by atoms with van der Waals surface area (Å²) in [7, 11) is 0. The van der Waals surface area contributed by atoms with Gasteiger partial charge in [0.2, 0.25) is 0 Å². The Morgan fingerprint density at radius 3 is 2.81 bits per heavy atom. The Balaban J connectivity index is 2.36. The fourth-order valence-corrected chi connectivity index (χ4v) is 2.42. The number of hydrogen-bond acceptors (Lipinski definition) is 2. The van der Waals surface area contributed by atoms with Crippen LogP contribution in [-0.4, -0.2) is 20.6 Å². The van der Waals surface area contributed by atoms with Gasteiger partial charge in [-0.05, 0) is 25.7 Å². The predicted molar refractivity (Wildman–Crippen MR) is 60.5 cm³/mol. The molecule has 0 spiro atoms. The van der Waals surface area contributed by atoms with Gasteiger partial charge in [-0.25, -0.2) is 4.98 Å². The highest BCUT2D eigenvalue weighted by molar-refractivity contribution is 5.70. The Morgan fingerprint density at radius 1 is 1.56 bits per heavy atom. The van der Waals surface area contributed by atoms with E-state index in [1.807, 2.05) is 6.92 Å². The second kappa shape index (κ2) is 3.92. The van der Waals surface area contributed by atoms with Crippen LogP contribution in [0.15, 0.2) is 0 Å². The highest BCUT2D eigenvalue weighted by Gasteiger charge is 2.28. The zero-order chi connectivity index (χ0) is 11.9. The minimum atomic E-state index is -0.690. The summed E-state index contributed by atoms with van der Waals surface area (Å²) in [6.07, 6.45) is 1.57. The molecule has 0 saturated heterocycles. The number of hydrogen-bond donors (Lipinski definition) is 1. The minimum Gasteiger partial charge on any atom is -0.481 e. The van der Waals surface area contributed by atoms with Crippen molar-refractivity contribution in [1.82, 2.24) is 9.55 Å². The summed E-state index contributed by atoms with van der Waals surface area (Å²) < 4.78 is 2.08. The Bertz CT molecular complexity index is 421. The van der Waals surface area contributed by atoms with Gasteiger partial charge in [0.05, 0.1) is 11.6 Å². The van der Waals surface area contributed by atoms with Crippen LogP contribution in [-0.2, 0) is 17.8 Å². The van der Waals surface area contributed by atoms with Crippen LogP contribution in [0.2, 0.25) is 0 Å². The van der Waals surface area contributed by atoms with Crippen molar-refractivity contribution < 1.29 is 9.90 Å². The molecule has 0 fully saturated rings. The summed E-state index contributed by atoms with van der Waals surface area (Å²) in [4.78, 5) is 15.5. The van der Waals surface area contributed by atoms with Crippen LogP contribution >= 0.6 is 0 Å². The van der Waals surface area contributed by atoms with E-state index in [1.165, 1.54) is 5.69 Å². The van der Waals surface area contributed by atoms with Crippen molar-refractivity contribution in [3.05, 3.63) is 17.2 Å². The number of fused-ring (bicyclic) bond motifs is 1. The van der Waals surface area contributed by atoms with Crippen molar-refractivity contribution in [2.75, 3.05) is 0 Å². The van der Waals surface area contributed by atoms with Crippen LogP contribution in [0.1, 0.15) is 43.4 Å². The Labute approximate surface area is 95.3 Å². The maximum Gasteiger partial charge on any atom is 0.308 e. The second-order valence-electron chi connectivity index (χ2n) is 4.83. The molecule has 4 heteroatoms. The van der Waals surface area contributed by atoms with Gasteiger partial charge in [-0.1, -0.05) is 13.8 Å². The predicted octanol–water partition coefficient (Wildman–Crippen LogP) is 1.96. The molecule has 1 aliphatic rings. The molecule has 0 radical (unpaired) electrons. The van der Waals surface area contributed by atoms with Crippen LogP contribution < -0.4 is 0 Å². The first-order chi connectivity index (χ1) is 7.50. The Kier molecular flexibility index (Phi) is 2.74. The average molecular weight is 222 g/mol. The van der Waals surface area contributed by atoms with Crippen molar-refractivity contribution in [3.8, 4) is 0 Å². The zero-order valence-electron chi connectivity index (χ0n) is 10.0. The van der Waals surface area contributed by atoms with E-state index in [1.54, 1.807) is 0 Å². The summed E-state index contributed by atoms with van der Waals surface area (Å²) in [6.45, 7) is 6.80. The van der Waals surface area contributed by atoms with Crippen LogP contribution in [0.3, 0.4) is 0 Å². The normalized spacial score (nSPS) is 19.9. The molecule has 2 rings (SSSR count). The molecule has 1 atom stereocenters. The highest BCUT2D eigenvalue weighted by Crippen LogP contribution is 2.28. The van der Waals surface area contributed by atoms with E-state index >= 15 is 0 Å². The number of aromatic nitrogens is 2. The number of imidazole rings is 1. The number of carboxylic acids is 1. The molecule has 1 aromatic rings. The van der Waals surface area contributed by atoms with Gasteiger partial charge in [-0.15, -0.1) is 0 Å². The van der Waals surface area contributed by atoms with Crippen LogP contribution in [0.5, 0.6) is 0 Å². The smallest absolute Gasteiger partial charge is 0.308 e. The summed E-state index contributed by atoms with van der Waals surface area (Å²) in [5.41, 5.74) is 2.38. The van der Waals surface area contributed by atoms with E-state index in [-0.39, 0.29) is 5.92 Å². The molecular formula is C12H18N2O2. The SMILES string of the molecule is Cc1nc(C(C)C)c2n1CC(C(=O)O)CC2. The lowest BCUT2D eigenvalue weighted by molar-refractivity contribution is -0.142. The summed E-state index contributed by atoms with van der Waals surface area (Å²) >= 11 is 0. The van der Waals surface area contributed by atoms with Gasteiger partial charge >= 0.3 is 5.97 Å². The first kappa shape index (κ1) is 11.2. The largest absolute Gasteiger partial charge is 0.481 e. The third-order valence-corrected chi connectivity index (χ3v) is 3.32. The van der Waals surface area contributed by atoms with Gasteiger partial charge in [0.25, 0.3) is 0 Å². The van der Waals surface area contributed by atoms with Gasteiger partial charge in [-0.2, -0.15) is 0 Å². The molecule has 88 valence electrons. The van der Waals surface area contributed by atoms with Gasteiger partial charge in [0.1, 0.15) is 5.82 Å². The maximum atomic E-state index is 11.0. The summed E-state index contributed by atoms with van der Waals surface area (Å²) in [6, 6.07) is 0.